The maximum Gasteiger partial charge on any atom is 0.202 e. The molecule has 0 aliphatic heterocycles. The highest BCUT2D eigenvalue weighted by Crippen LogP contribution is 2.34. The van der Waals surface area contributed by atoms with E-state index in [1.54, 1.807) is 7.05 Å². The molecule has 0 unspecified atom stereocenters. The molecule has 5 heteroatoms. The molecule has 0 amide bonds. The zero-order chi connectivity index (χ0) is 10.2. The fourth-order valence-corrected chi connectivity index (χ4v) is 1.86. The Morgan fingerprint density at radius 3 is 2.71 bits per heavy atom. The molecule has 0 radical (unpaired) electrons. The number of aromatic nitrogens is 3. The number of likely N-dealkylation sites (N-methyl/N-ethyl adjacent to an activating group) is 1. The minimum absolute atomic E-state index is 0.110. The summed E-state index contributed by atoms with van der Waals surface area (Å²) >= 11 is 0. The van der Waals surface area contributed by atoms with E-state index in [1.807, 2.05) is 7.05 Å². The van der Waals surface area contributed by atoms with Crippen molar-refractivity contribution in [3.05, 3.63) is 11.9 Å². The van der Waals surface area contributed by atoms with Crippen LogP contribution in [0.2, 0.25) is 0 Å². The quantitative estimate of drug-likeness (QED) is 0.695. The van der Waals surface area contributed by atoms with Gasteiger partial charge in [0.2, 0.25) is 5.78 Å². The fraction of sp³-hybridized carbons (Fsp3) is 0.667. The van der Waals surface area contributed by atoms with Crippen LogP contribution in [0.5, 0.6) is 0 Å². The van der Waals surface area contributed by atoms with E-state index in [-0.39, 0.29) is 11.3 Å². The average Bonchev–Trinajstić information content (AvgIpc) is 2.50. The molecule has 1 saturated carbocycles. The van der Waals surface area contributed by atoms with Gasteiger partial charge in [-0.2, -0.15) is 0 Å². The van der Waals surface area contributed by atoms with Gasteiger partial charge in [0.25, 0.3) is 0 Å². The summed E-state index contributed by atoms with van der Waals surface area (Å²) in [4.78, 5) is 12.1. The van der Waals surface area contributed by atoms with Gasteiger partial charge < -0.3 is 5.32 Å². The molecule has 2 rings (SSSR count). The number of nitrogens with zero attached hydrogens (tertiary/aromatic N) is 3. The van der Waals surface area contributed by atoms with Crippen LogP contribution in [0.1, 0.15) is 29.8 Å². The molecule has 1 N–H and O–H groups in total. The predicted octanol–water partition coefficient (Wildman–Crippen LogP) is 0.140. The van der Waals surface area contributed by atoms with E-state index >= 15 is 0 Å². The van der Waals surface area contributed by atoms with Crippen LogP contribution in [0.4, 0.5) is 0 Å². The minimum atomic E-state index is -0.352. The van der Waals surface area contributed by atoms with Crippen LogP contribution in [0.15, 0.2) is 6.20 Å². The summed E-state index contributed by atoms with van der Waals surface area (Å²) in [6, 6.07) is 0. The lowest BCUT2D eigenvalue weighted by atomic mass is 9.73. The van der Waals surface area contributed by atoms with Crippen molar-refractivity contribution in [2.45, 2.75) is 24.8 Å². The highest BCUT2D eigenvalue weighted by Gasteiger charge is 2.44. The van der Waals surface area contributed by atoms with Gasteiger partial charge in [0.05, 0.1) is 11.7 Å². The van der Waals surface area contributed by atoms with E-state index in [0.717, 1.165) is 19.3 Å². The van der Waals surface area contributed by atoms with Crippen molar-refractivity contribution in [3.8, 4) is 0 Å². The monoisotopic (exact) mass is 194 g/mol. The Kier molecular flexibility index (Phi) is 2.11. The third kappa shape index (κ3) is 1.16. The average molecular weight is 194 g/mol. The number of hydrogen-bond acceptors (Lipinski definition) is 4. The fourth-order valence-electron chi connectivity index (χ4n) is 1.86. The molecular formula is C9H14N4O. The SMILES string of the molecule is CNC1(C(=O)c2cnnn2C)CCC1. The number of carbonyl (C=O) groups excluding carboxylic acids is 1. The zero-order valence-corrected chi connectivity index (χ0v) is 8.45. The molecule has 1 aromatic rings. The first kappa shape index (κ1) is 9.33. The van der Waals surface area contributed by atoms with Crippen molar-refractivity contribution < 1.29 is 4.79 Å². The lowest BCUT2D eigenvalue weighted by Crippen LogP contribution is -2.56. The topological polar surface area (TPSA) is 59.8 Å². The summed E-state index contributed by atoms with van der Waals surface area (Å²) in [6.45, 7) is 0. The maximum atomic E-state index is 12.1. The summed E-state index contributed by atoms with van der Waals surface area (Å²) in [7, 11) is 3.57. The minimum Gasteiger partial charge on any atom is -0.308 e. The van der Waals surface area contributed by atoms with Crippen LogP contribution >= 0.6 is 0 Å². The largest absolute Gasteiger partial charge is 0.308 e. The van der Waals surface area contributed by atoms with Crippen LogP contribution in [0.25, 0.3) is 0 Å². The van der Waals surface area contributed by atoms with E-state index in [4.69, 9.17) is 0 Å². The van der Waals surface area contributed by atoms with Crippen molar-refractivity contribution >= 4 is 5.78 Å². The second-order valence-corrected chi connectivity index (χ2v) is 3.76. The van der Waals surface area contributed by atoms with Crippen LogP contribution in [0, 0.1) is 0 Å². The van der Waals surface area contributed by atoms with Crippen molar-refractivity contribution in [2.75, 3.05) is 7.05 Å². The second kappa shape index (κ2) is 3.16. The molecule has 1 aliphatic rings. The number of rotatable bonds is 3. The van der Waals surface area contributed by atoms with Gasteiger partial charge in [0.1, 0.15) is 5.69 Å². The van der Waals surface area contributed by atoms with Gasteiger partial charge in [0, 0.05) is 7.05 Å². The first-order valence-electron chi connectivity index (χ1n) is 4.78. The molecule has 1 aliphatic carbocycles. The van der Waals surface area contributed by atoms with Gasteiger partial charge in [-0.15, -0.1) is 5.10 Å². The molecule has 76 valence electrons. The van der Waals surface area contributed by atoms with E-state index in [2.05, 4.69) is 15.6 Å². The van der Waals surface area contributed by atoms with Gasteiger partial charge in [-0.3, -0.25) is 4.79 Å². The van der Waals surface area contributed by atoms with Crippen molar-refractivity contribution in [1.82, 2.24) is 20.3 Å². The Morgan fingerprint density at radius 1 is 1.64 bits per heavy atom. The molecule has 14 heavy (non-hydrogen) atoms. The number of carbonyl (C=O) groups is 1. The molecule has 0 atom stereocenters. The number of ketones is 1. The van der Waals surface area contributed by atoms with E-state index < -0.39 is 0 Å². The molecule has 0 spiro atoms. The van der Waals surface area contributed by atoms with Crippen molar-refractivity contribution in [3.63, 3.8) is 0 Å². The number of nitrogens with one attached hydrogen (secondary N) is 1. The van der Waals surface area contributed by atoms with Crippen LogP contribution < -0.4 is 5.32 Å². The Bertz CT molecular complexity index is 348. The highest BCUT2D eigenvalue weighted by atomic mass is 16.1. The van der Waals surface area contributed by atoms with E-state index in [1.165, 1.54) is 10.9 Å². The number of hydrogen-bond donors (Lipinski definition) is 1. The van der Waals surface area contributed by atoms with E-state index in [0.29, 0.717) is 5.69 Å². The summed E-state index contributed by atoms with van der Waals surface area (Å²) in [5.41, 5.74) is 0.231. The number of aryl methyl sites for hydroxylation is 1. The summed E-state index contributed by atoms with van der Waals surface area (Å²) in [6.07, 6.45) is 4.46. The molecule has 5 nitrogen and oxygen atoms in total. The Labute approximate surface area is 82.5 Å². The lowest BCUT2D eigenvalue weighted by Gasteiger charge is -2.39. The zero-order valence-electron chi connectivity index (χ0n) is 8.45. The second-order valence-electron chi connectivity index (χ2n) is 3.76. The predicted molar refractivity (Wildman–Crippen MR) is 51.0 cm³/mol. The standard InChI is InChI=1S/C9H14N4O/c1-10-9(4-3-5-9)8(14)7-6-11-12-13(7)2/h6,10H,3-5H2,1-2H3. The molecule has 0 saturated heterocycles. The van der Waals surface area contributed by atoms with Gasteiger partial charge in [-0.05, 0) is 26.3 Å². The third-order valence-electron chi connectivity index (χ3n) is 3.07. The van der Waals surface area contributed by atoms with Crippen molar-refractivity contribution in [2.24, 2.45) is 7.05 Å². The molecule has 1 fully saturated rings. The van der Waals surface area contributed by atoms with Crippen molar-refractivity contribution in [1.29, 1.82) is 0 Å². The van der Waals surface area contributed by atoms with Crippen LogP contribution in [-0.2, 0) is 7.05 Å². The Morgan fingerprint density at radius 2 is 2.36 bits per heavy atom. The van der Waals surface area contributed by atoms with Crippen LogP contribution in [0.3, 0.4) is 0 Å². The molecule has 1 heterocycles. The Balaban J connectivity index is 2.27. The highest BCUT2D eigenvalue weighted by molar-refractivity contribution is 6.02. The first-order chi connectivity index (χ1) is 6.69. The summed E-state index contributed by atoms with van der Waals surface area (Å²) < 4.78 is 1.53. The molecule has 1 aromatic heterocycles. The Hall–Kier alpha value is -1.23. The number of Topliss-reactive ketones (excluding diaryl/α,β-unsaturated/α-hetero) is 1. The summed E-state index contributed by atoms with van der Waals surface area (Å²) in [5, 5.41) is 10.6. The van der Waals surface area contributed by atoms with Gasteiger partial charge in [-0.1, -0.05) is 5.21 Å². The molecule has 0 aromatic carbocycles. The maximum absolute atomic E-state index is 12.1. The van der Waals surface area contributed by atoms with Gasteiger partial charge in [0.15, 0.2) is 0 Å². The smallest absolute Gasteiger partial charge is 0.202 e. The third-order valence-corrected chi connectivity index (χ3v) is 3.07. The summed E-state index contributed by atoms with van der Waals surface area (Å²) in [5.74, 6) is 0.110. The normalized spacial score (nSPS) is 19.0. The van der Waals surface area contributed by atoms with E-state index in [9.17, 15) is 4.79 Å². The molecule has 0 bridgehead atoms. The molecular weight excluding hydrogens is 180 g/mol. The first-order valence-corrected chi connectivity index (χ1v) is 4.78. The van der Waals surface area contributed by atoms with Gasteiger partial charge in [-0.25, -0.2) is 4.68 Å². The lowest BCUT2D eigenvalue weighted by molar-refractivity contribution is 0.0735. The van der Waals surface area contributed by atoms with Crippen LogP contribution in [-0.4, -0.2) is 33.4 Å². The van der Waals surface area contributed by atoms with Gasteiger partial charge >= 0.3 is 0 Å².